The summed E-state index contributed by atoms with van der Waals surface area (Å²) in [5.74, 6) is -1.92. The molecule has 6 nitrogen and oxygen atoms in total. The van der Waals surface area contributed by atoms with Crippen LogP contribution in [-0.4, -0.2) is 53.5 Å². The Kier molecular flexibility index (Phi) is 7.90. The molecule has 37 heavy (non-hydrogen) atoms. The van der Waals surface area contributed by atoms with Gasteiger partial charge in [0.05, 0.1) is 16.5 Å². The minimum atomic E-state index is -1.20. The molecular weight excluding hydrogens is 515 g/mol. The number of hydrogen-bond acceptors (Lipinski definition) is 6. The van der Waals surface area contributed by atoms with Gasteiger partial charge in [-0.3, -0.25) is 9.59 Å². The molecule has 2 aliphatic rings. The maximum atomic E-state index is 14.6. The first kappa shape index (κ1) is 25.9. The molecule has 1 aliphatic heterocycles. The van der Waals surface area contributed by atoms with Gasteiger partial charge in [-0.05, 0) is 74.2 Å². The summed E-state index contributed by atoms with van der Waals surface area (Å²) in [5.41, 5.74) is 1.45. The van der Waals surface area contributed by atoms with Gasteiger partial charge in [-0.1, -0.05) is 41.9 Å². The Labute approximate surface area is 224 Å². The predicted molar refractivity (Wildman–Crippen MR) is 142 cm³/mol. The number of carbonyl (C=O) groups excluding carboxylic acids is 2. The summed E-state index contributed by atoms with van der Waals surface area (Å²) < 4.78 is 20.9. The first-order valence-electron chi connectivity index (χ1n) is 12.4. The van der Waals surface area contributed by atoms with Crippen LogP contribution in [0.25, 0.3) is 10.4 Å². The number of aliphatic hydroxyl groups excluding tert-OH is 1. The van der Waals surface area contributed by atoms with E-state index in [4.69, 9.17) is 16.3 Å². The van der Waals surface area contributed by atoms with Crippen molar-refractivity contribution in [2.75, 3.05) is 19.6 Å². The number of rotatable bonds is 10. The third-order valence-corrected chi connectivity index (χ3v) is 7.96. The molecule has 1 aliphatic carbocycles. The third kappa shape index (κ3) is 6.38. The van der Waals surface area contributed by atoms with E-state index in [1.165, 1.54) is 23.5 Å². The van der Waals surface area contributed by atoms with E-state index in [9.17, 15) is 19.1 Å². The Morgan fingerprint density at radius 3 is 2.46 bits per heavy atom. The fourth-order valence-corrected chi connectivity index (χ4v) is 5.53. The van der Waals surface area contributed by atoms with E-state index < -0.39 is 29.7 Å². The summed E-state index contributed by atoms with van der Waals surface area (Å²) >= 11 is 7.44. The normalized spacial score (nSPS) is 17.4. The standard InChI is InChI=1S/C28H28ClFN2O4S/c29-25-12-11-24(37-25)17-3-5-18(6-4-17)27(34)28(35)31-22(16-32-13-1-2-14-32)26(33)19-7-10-23(21(30)15-19)36-20-8-9-20/h3-7,10-12,15,20,22,26,33H,1-2,8-9,13-14,16H2,(H,31,35). The highest BCUT2D eigenvalue weighted by Gasteiger charge is 2.30. The summed E-state index contributed by atoms with van der Waals surface area (Å²) in [5, 5.41) is 13.9. The smallest absolute Gasteiger partial charge is 0.292 e. The van der Waals surface area contributed by atoms with Crippen molar-refractivity contribution < 1.29 is 23.8 Å². The van der Waals surface area contributed by atoms with Crippen molar-refractivity contribution in [3.63, 3.8) is 0 Å². The number of Topliss-reactive ketones (excluding diaryl/α,β-unsaturated/α-hetero) is 1. The zero-order valence-electron chi connectivity index (χ0n) is 20.2. The molecule has 1 amide bonds. The highest BCUT2D eigenvalue weighted by atomic mass is 35.5. The molecule has 0 spiro atoms. The van der Waals surface area contributed by atoms with E-state index >= 15 is 0 Å². The Balaban J connectivity index is 1.30. The average Bonchev–Trinajstić information content (AvgIpc) is 3.36. The van der Waals surface area contributed by atoms with Crippen molar-refractivity contribution in [1.82, 2.24) is 10.2 Å². The highest BCUT2D eigenvalue weighted by molar-refractivity contribution is 7.19. The average molecular weight is 543 g/mol. The highest BCUT2D eigenvalue weighted by Crippen LogP contribution is 2.32. The molecule has 0 bridgehead atoms. The van der Waals surface area contributed by atoms with Crippen molar-refractivity contribution in [2.45, 2.75) is 43.9 Å². The number of nitrogens with zero attached hydrogens (tertiary/aromatic N) is 1. The Bertz CT molecular complexity index is 1270. The second kappa shape index (κ2) is 11.3. The Hall–Kier alpha value is -2.78. The molecule has 1 aromatic heterocycles. The van der Waals surface area contributed by atoms with E-state index in [1.807, 2.05) is 6.07 Å². The maximum absolute atomic E-state index is 14.6. The molecule has 3 aromatic rings. The van der Waals surface area contributed by atoms with Crippen LogP contribution in [0.2, 0.25) is 4.34 Å². The number of amides is 1. The van der Waals surface area contributed by atoms with Crippen LogP contribution in [0.15, 0.2) is 54.6 Å². The van der Waals surface area contributed by atoms with Gasteiger partial charge in [0.1, 0.15) is 6.10 Å². The number of ether oxygens (including phenoxy) is 1. The van der Waals surface area contributed by atoms with Gasteiger partial charge in [-0.25, -0.2) is 4.39 Å². The zero-order valence-corrected chi connectivity index (χ0v) is 21.7. The monoisotopic (exact) mass is 542 g/mol. The molecule has 5 rings (SSSR count). The molecule has 1 saturated heterocycles. The number of aliphatic hydroxyl groups is 1. The van der Waals surface area contributed by atoms with Crippen molar-refractivity contribution >= 4 is 34.6 Å². The number of likely N-dealkylation sites (tertiary alicyclic amines) is 1. The number of ketones is 1. The number of thiophene rings is 1. The fourth-order valence-electron chi connectivity index (χ4n) is 4.48. The van der Waals surface area contributed by atoms with E-state index in [-0.39, 0.29) is 17.4 Å². The van der Waals surface area contributed by atoms with Gasteiger partial charge in [0.2, 0.25) is 5.78 Å². The third-order valence-electron chi connectivity index (χ3n) is 6.68. The van der Waals surface area contributed by atoms with E-state index in [0.717, 1.165) is 49.2 Å². The molecule has 2 fully saturated rings. The molecule has 2 heterocycles. The Morgan fingerprint density at radius 2 is 1.84 bits per heavy atom. The minimum absolute atomic E-state index is 0.0515. The quantitative estimate of drug-likeness (QED) is 0.270. The van der Waals surface area contributed by atoms with Crippen LogP contribution < -0.4 is 10.1 Å². The molecule has 1 saturated carbocycles. The molecule has 2 aromatic carbocycles. The van der Waals surface area contributed by atoms with E-state index in [2.05, 4.69) is 10.2 Å². The number of carbonyl (C=O) groups is 2. The van der Waals surface area contributed by atoms with Crippen LogP contribution in [0, 0.1) is 5.82 Å². The van der Waals surface area contributed by atoms with Crippen LogP contribution in [0.1, 0.15) is 47.7 Å². The number of nitrogens with one attached hydrogen (secondary N) is 1. The lowest BCUT2D eigenvalue weighted by Crippen LogP contribution is -2.48. The molecule has 2 unspecified atom stereocenters. The SMILES string of the molecule is O=C(NC(CN1CCCC1)C(O)c1ccc(OC2CC2)c(F)c1)C(=O)c1ccc(-c2ccc(Cl)s2)cc1. The topological polar surface area (TPSA) is 78.9 Å². The van der Waals surface area contributed by atoms with Crippen molar-refractivity contribution in [3.8, 4) is 16.2 Å². The van der Waals surface area contributed by atoms with Crippen LogP contribution >= 0.6 is 22.9 Å². The molecule has 194 valence electrons. The number of halogens is 2. The molecular formula is C28H28ClFN2O4S. The fraction of sp³-hybridized carbons (Fsp3) is 0.357. The largest absolute Gasteiger partial charge is 0.487 e. The lowest BCUT2D eigenvalue weighted by molar-refractivity contribution is -0.118. The van der Waals surface area contributed by atoms with Gasteiger partial charge in [-0.2, -0.15) is 0 Å². The first-order valence-corrected chi connectivity index (χ1v) is 13.6. The molecule has 2 atom stereocenters. The summed E-state index contributed by atoms with van der Waals surface area (Å²) in [6.45, 7) is 2.02. The molecule has 0 radical (unpaired) electrons. The van der Waals surface area contributed by atoms with Gasteiger partial charge in [0.25, 0.3) is 5.91 Å². The summed E-state index contributed by atoms with van der Waals surface area (Å²) in [6, 6.07) is 14.0. The minimum Gasteiger partial charge on any atom is -0.487 e. The Morgan fingerprint density at radius 1 is 1.11 bits per heavy atom. The van der Waals surface area contributed by atoms with Crippen LogP contribution in [0.3, 0.4) is 0 Å². The maximum Gasteiger partial charge on any atom is 0.292 e. The summed E-state index contributed by atoms with van der Waals surface area (Å²) in [7, 11) is 0. The van der Waals surface area contributed by atoms with Gasteiger partial charge in [-0.15, -0.1) is 11.3 Å². The van der Waals surface area contributed by atoms with Crippen LogP contribution in [0.5, 0.6) is 5.75 Å². The van der Waals surface area contributed by atoms with E-state index in [0.29, 0.717) is 16.4 Å². The molecule has 2 N–H and O–H groups in total. The van der Waals surface area contributed by atoms with Gasteiger partial charge in [0.15, 0.2) is 11.6 Å². The second-order valence-electron chi connectivity index (χ2n) is 9.55. The van der Waals surface area contributed by atoms with Gasteiger partial charge >= 0.3 is 0 Å². The summed E-state index contributed by atoms with van der Waals surface area (Å²) in [4.78, 5) is 29.0. The van der Waals surface area contributed by atoms with Crippen LogP contribution in [-0.2, 0) is 4.79 Å². The summed E-state index contributed by atoms with van der Waals surface area (Å²) in [6.07, 6.45) is 2.72. The molecule has 9 heteroatoms. The van der Waals surface area contributed by atoms with Gasteiger partial charge < -0.3 is 20.1 Å². The zero-order chi connectivity index (χ0) is 25.9. The van der Waals surface area contributed by atoms with Crippen molar-refractivity contribution in [2.24, 2.45) is 0 Å². The number of hydrogen-bond donors (Lipinski definition) is 2. The van der Waals surface area contributed by atoms with Crippen molar-refractivity contribution in [3.05, 3.63) is 75.9 Å². The number of benzene rings is 2. The lowest BCUT2D eigenvalue weighted by Gasteiger charge is -2.28. The predicted octanol–water partition coefficient (Wildman–Crippen LogP) is 5.25. The van der Waals surface area contributed by atoms with Gasteiger partial charge in [0, 0.05) is 17.0 Å². The van der Waals surface area contributed by atoms with Crippen molar-refractivity contribution in [1.29, 1.82) is 0 Å². The lowest BCUT2D eigenvalue weighted by atomic mass is 10.00. The first-order chi connectivity index (χ1) is 17.9. The second-order valence-corrected chi connectivity index (χ2v) is 11.3. The van der Waals surface area contributed by atoms with E-state index in [1.54, 1.807) is 36.4 Å². The van der Waals surface area contributed by atoms with Crippen LogP contribution in [0.4, 0.5) is 4.39 Å².